The lowest BCUT2D eigenvalue weighted by Crippen LogP contribution is -2.27. The van der Waals surface area contributed by atoms with Gasteiger partial charge in [-0.15, -0.1) is 0 Å². The summed E-state index contributed by atoms with van der Waals surface area (Å²) in [6.07, 6.45) is 7.80. The fourth-order valence-electron chi connectivity index (χ4n) is 2.30. The van der Waals surface area contributed by atoms with Crippen molar-refractivity contribution in [2.75, 3.05) is 0 Å². The van der Waals surface area contributed by atoms with Gasteiger partial charge in [-0.05, 0) is 18.4 Å². The Bertz CT molecular complexity index is 370. The molecule has 0 radical (unpaired) electrons. The van der Waals surface area contributed by atoms with E-state index in [0.717, 1.165) is 12.1 Å². The molecule has 1 N–H and O–H groups in total. The van der Waals surface area contributed by atoms with E-state index < -0.39 is 0 Å². The first-order valence-electron chi connectivity index (χ1n) is 6.21. The van der Waals surface area contributed by atoms with Crippen LogP contribution in [0.25, 0.3) is 0 Å². The van der Waals surface area contributed by atoms with Crippen LogP contribution in [0.2, 0.25) is 0 Å². The number of hydrogen-bond acceptors (Lipinski definition) is 4. The highest BCUT2D eigenvalue weighted by Crippen LogP contribution is 2.23. The summed E-state index contributed by atoms with van der Waals surface area (Å²) in [5, 5.41) is 16.2. The molecular formula is C12H18N2O2S. The number of nitrogens with one attached hydrogen (secondary N) is 1. The van der Waals surface area contributed by atoms with Gasteiger partial charge in [-0.1, -0.05) is 37.0 Å². The summed E-state index contributed by atoms with van der Waals surface area (Å²) in [6.45, 7) is 0.759. The highest BCUT2D eigenvalue weighted by Gasteiger charge is 2.13. The maximum atomic E-state index is 10.6. The molecule has 0 bridgehead atoms. The van der Waals surface area contributed by atoms with Gasteiger partial charge in [-0.25, -0.2) is 0 Å². The first kappa shape index (κ1) is 12.5. The Balaban J connectivity index is 1.81. The molecule has 0 aliphatic heterocycles. The van der Waals surface area contributed by atoms with Crippen molar-refractivity contribution in [1.82, 2.24) is 5.32 Å². The molecule has 0 unspecified atom stereocenters. The second-order valence-corrected chi connectivity index (χ2v) is 5.51. The fraction of sp³-hybridized carbons (Fsp3) is 0.667. The van der Waals surface area contributed by atoms with Crippen LogP contribution in [0.15, 0.2) is 11.4 Å². The molecule has 1 aliphatic rings. The zero-order valence-electron chi connectivity index (χ0n) is 9.85. The fourth-order valence-corrected chi connectivity index (χ4v) is 3.03. The quantitative estimate of drug-likeness (QED) is 0.508. The molecular weight excluding hydrogens is 236 g/mol. The highest BCUT2D eigenvalue weighted by molar-refractivity contribution is 7.13. The summed E-state index contributed by atoms with van der Waals surface area (Å²) >= 11 is 1.21. The van der Waals surface area contributed by atoms with Crippen molar-refractivity contribution < 1.29 is 4.92 Å². The van der Waals surface area contributed by atoms with Crippen LogP contribution in [0.4, 0.5) is 5.00 Å². The van der Waals surface area contributed by atoms with Gasteiger partial charge in [-0.2, -0.15) is 0 Å². The minimum atomic E-state index is -0.320. The minimum absolute atomic E-state index is 0.239. The summed E-state index contributed by atoms with van der Waals surface area (Å²) < 4.78 is 0. The first-order chi connectivity index (χ1) is 8.25. The largest absolute Gasteiger partial charge is 0.324 e. The van der Waals surface area contributed by atoms with Crippen molar-refractivity contribution in [3.8, 4) is 0 Å². The van der Waals surface area contributed by atoms with E-state index in [2.05, 4.69) is 5.32 Å². The SMILES string of the molecule is O=[N+]([O-])c1cc(CNC2CCCCCC2)cs1. The molecule has 5 heteroatoms. The second kappa shape index (κ2) is 6.12. The topological polar surface area (TPSA) is 55.2 Å². The van der Waals surface area contributed by atoms with Gasteiger partial charge < -0.3 is 5.32 Å². The number of hydrogen-bond donors (Lipinski definition) is 1. The molecule has 0 aromatic carbocycles. The van der Waals surface area contributed by atoms with E-state index in [1.807, 2.05) is 5.38 Å². The van der Waals surface area contributed by atoms with Gasteiger partial charge in [0.05, 0.1) is 4.92 Å². The molecule has 0 spiro atoms. The Morgan fingerprint density at radius 3 is 2.65 bits per heavy atom. The zero-order valence-corrected chi connectivity index (χ0v) is 10.7. The maximum absolute atomic E-state index is 10.6. The Labute approximate surface area is 105 Å². The molecule has 0 amide bonds. The summed E-state index contributed by atoms with van der Waals surface area (Å²) in [5.74, 6) is 0. The summed E-state index contributed by atoms with van der Waals surface area (Å²) in [6, 6.07) is 2.27. The molecule has 94 valence electrons. The van der Waals surface area contributed by atoms with Crippen LogP contribution in [0.3, 0.4) is 0 Å². The predicted octanol–water partition coefficient (Wildman–Crippen LogP) is 3.47. The Morgan fingerprint density at radius 1 is 1.35 bits per heavy atom. The third-order valence-electron chi connectivity index (χ3n) is 3.27. The Kier molecular flexibility index (Phi) is 4.50. The molecule has 1 aromatic rings. The van der Waals surface area contributed by atoms with Crippen molar-refractivity contribution in [3.05, 3.63) is 27.1 Å². The Morgan fingerprint density at radius 2 is 2.06 bits per heavy atom. The summed E-state index contributed by atoms with van der Waals surface area (Å²) in [4.78, 5) is 10.2. The van der Waals surface area contributed by atoms with E-state index >= 15 is 0 Å². The van der Waals surface area contributed by atoms with Gasteiger partial charge in [0.25, 0.3) is 0 Å². The number of thiophene rings is 1. The second-order valence-electron chi connectivity index (χ2n) is 4.62. The molecule has 1 aromatic heterocycles. The predicted molar refractivity (Wildman–Crippen MR) is 69.3 cm³/mol. The first-order valence-corrected chi connectivity index (χ1v) is 7.09. The third-order valence-corrected chi connectivity index (χ3v) is 4.20. The van der Waals surface area contributed by atoms with Gasteiger partial charge in [0.1, 0.15) is 0 Å². The van der Waals surface area contributed by atoms with E-state index in [4.69, 9.17) is 0 Å². The lowest BCUT2D eigenvalue weighted by atomic mass is 10.1. The molecule has 17 heavy (non-hydrogen) atoms. The molecule has 4 nitrogen and oxygen atoms in total. The number of rotatable bonds is 4. The van der Waals surface area contributed by atoms with Crippen molar-refractivity contribution >= 4 is 16.3 Å². The van der Waals surface area contributed by atoms with Gasteiger partial charge in [0, 0.05) is 24.0 Å². The average Bonchev–Trinajstić information content (AvgIpc) is 2.63. The van der Waals surface area contributed by atoms with Crippen LogP contribution in [0.1, 0.15) is 44.1 Å². The van der Waals surface area contributed by atoms with Crippen molar-refractivity contribution in [1.29, 1.82) is 0 Å². The summed E-state index contributed by atoms with van der Waals surface area (Å²) in [7, 11) is 0. The molecule has 1 aliphatic carbocycles. The lowest BCUT2D eigenvalue weighted by molar-refractivity contribution is -0.380. The number of nitro groups is 1. The highest BCUT2D eigenvalue weighted by atomic mass is 32.1. The minimum Gasteiger partial charge on any atom is -0.310 e. The molecule has 1 heterocycles. The molecule has 1 saturated carbocycles. The van der Waals surface area contributed by atoms with Crippen molar-refractivity contribution in [2.45, 2.75) is 51.1 Å². The van der Waals surface area contributed by atoms with Crippen LogP contribution in [-0.4, -0.2) is 11.0 Å². The number of nitrogens with zero attached hydrogens (tertiary/aromatic N) is 1. The third kappa shape index (κ3) is 3.78. The van der Waals surface area contributed by atoms with E-state index in [1.165, 1.54) is 49.9 Å². The van der Waals surface area contributed by atoms with Crippen molar-refractivity contribution in [3.63, 3.8) is 0 Å². The monoisotopic (exact) mass is 254 g/mol. The standard InChI is InChI=1S/C12H18N2O2S/c15-14(16)12-7-10(9-17-12)8-13-11-5-3-1-2-4-6-11/h7,9,11,13H,1-6,8H2. The maximum Gasteiger partial charge on any atom is 0.324 e. The molecule has 1 fully saturated rings. The average molecular weight is 254 g/mol. The molecule has 2 rings (SSSR count). The van der Waals surface area contributed by atoms with Crippen LogP contribution >= 0.6 is 11.3 Å². The van der Waals surface area contributed by atoms with Crippen LogP contribution < -0.4 is 5.32 Å². The van der Waals surface area contributed by atoms with Crippen LogP contribution in [0, 0.1) is 10.1 Å². The molecule has 0 atom stereocenters. The van der Waals surface area contributed by atoms with E-state index in [1.54, 1.807) is 6.07 Å². The smallest absolute Gasteiger partial charge is 0.310 e. The van der Waals surface area contributed by atoms with Crippen LogP contribution in [0.5, 0.6) is 0 Å². The van der Waals surface area contributed by atoms with E-state index in [-0.39, 0.29) is 9.92 Å². The summed E-state index contributed by atoms with van der Waals surface area (Å²) in [5.41, 5.74) is 1.03. The van der Waals surface area contributed by atoms with E-state index in [0.29, 0.717) is 6.04 Å². The molecule has 0 saturated heterocycles. The van der Waals surface area contributed by atoms with Gasteiger partial charge >= 0.3 is 5.00 Å². The Hall–Kier alpha value is -0.940. The van der Waals surface area contributed by atoms with Gasteiger partial charge in [-0.3, -0.25) is 10.1 Å². The van der Waals surface area contributed by atoms with Crippen LogP contribution in [-0.2, 0) is 6.54 Å². The zero-order chi connectivity index (χ0) is 12.1. The van der Waals surface area contributed by atoms with Gasteiger partial charge in [0.15, 0.2) is 0 Å². The van der Waals surface area contributed by atoms with Gasteiger partial charge in [0.2, 0.25) is 0 Å². The van der Waals surface area contributed by atoms with Crippen molar-refractivity contribution in [2.24, 2.45) is 0 Å². The van der Waals surface area contributed by atoms with E-state index in [9.17, 15) is 10.1 Å². The lowest BCUT2D eigenvalue weighted by Gasteiger charge is -2.15. The normalized spacial score (nSPS) is 17.9.